The molecule has 168 valence electrons. The summed E-state index contributed by atoms with van der Waals surface area (Å²) in [5, 5.41) is 3.73. The van der Waals surface area contributed by atoms with Crippen molar-refractivity contribution in [3.63, 3.8) is 0 Å². The van der Waals surface area contributed by atoms with Gasteiger partial charge in [0.2, 0.25) is 0 Å². The molecule has 0 aromatic carbocycles. The highest BCUT2D eigenvalue weighted by Gasteiger charge is 2.23. The lowest BCUT2D eigenvalue weighted by Crippen LogP contribution is -2.36. The Bertz CT molecular complexity index is 737. The molecule has 2 rings (SSSR count). The molecule has 1 aliphatic rings. The van der Waals surface area contributed by atoms with E-state index in [0.29, 0.717) is 12.1 Å². The molecule has 1 saturated carbocycles. The highest BCUT2D eigenvalue weighted by molar-refractivity contribution is 5.69. The van der Waals surface area contributed by atoms with Gasteiger partial charge in [-0.1, -0.05) is 13.3 Å². The van der Waals surface area contributed by atoms with E-state index in [1.807, 2.05) is 6.92 Å². The molecule has 0 atom stereocenters. The number of amides is 1. The zero-order valence-corrected chi connectivity index (χ0v) is 17.5. The molecule has 0 spiro atoms. The number of hydrazine groups is 1. The normalized spacial score (nSPS) is 15.5. The predicted octanol–water partition coefficient (Wildman–Crippen LogP) is 3.30. The second kappa shape index (κ2) is 11.5. The first-order chi connectivity index (χ1) is 14.3. The Morgan fingerprint density at radius 1 is 1.33 bits per heavy atom. The minimum absolute atomic E-state index is 0.0482. The summed E-state index contributed by atoms with van der Waals surface area (Å²) < 4.78 is 38.0. The maximum Gasteiger partial charge on any atom is 0.407 e. The predicted molar refractivity (Wildman–Crippen MR) is 109 cm³/mol. The SMILES string of the molecule is CCCOC(=O)NC/C(=C(/N)c1ccc(OC2CCCCC2)c(C(F)F)n1)N(C)N. The maximum atomic E-state index is 13.6. The molecule has 0 saturated heterocycles. The van der Waals surface area contributed by atoms with Gasteiger partial charge in [-0.3, -0.25) is 0 Å². The monoisotopic (exact) mass is 427 g/mol. The van der Waals surface area contributed by atoms with Crippen LogP contribution in [0.25, 0.3) is 5.70 Å². The number of nitrogens with two attached hydrogens (primary N) is 2. The molecule has 1 fully saturated rings. The number of pyridine rings is 1. The van der Waals surface area contributed by atoms with Crippen LogP contribution in [0.5, 0.6) is 5.75 Å². The molecule has 0 radical (unpaired) electrons. The number of nitrogens with zero attached hydrogens (tertiary/aromatic N) is 2. The summed E-state index contributed by atoms with van der Waals surface area (Å²) in [5.74, 6) is 5.88. The Hall–Kier alpha value is -2.62. The first-order valence-corrected chi connectivity index (χ1v) is 10.2. The average molecular weight is 427 g/mol. The van der Waals surface area contributed by atoms with Gasteiger partial charge in [0.15, 0.2) is 0 Å². The van der Waals surface area contributed by atoms with E-state index >= 15 is 0 Å². The summed E-state index contributed by atoms with van der Waals surface area (Å²) >= 11 is 0. The zero-order valence-electron chi connectivity index (χ0n) is 17.5. The molecule has 1 heterocycles. The van der Waals surface area contributed by atoms with Crippen molar-refractivity contribution < 1.29 is 23.0 Å². The highest BCUT2D eigenvalue weighted by Crippen LogP contribution is 2.32. The number of alkyl halides is 2. The molecule has 10 heteroatoms. The van der Waals surface area contributed by atoms with Crippen LogP contribution in [0.15, 0.2) is 17.8 Å². The van der Waals surface area contributed by atoms with Gasteiger partial charge in [0.1, 0.15) is 11.4 Å². The van der Waals surface area contributed by atoms with Gasteiger partial charge in [0.05, 0.1) is 36.3 Å². The minimum atomic E-state index is -2.82. The van der Waals surface area contributed by atoms with Crippen LogP contribution in [0.3, 0.4) is 0 Å². The van der Waals surface area contributed by atoms with E-state index in [4.69, 9.17) is 21.1 Å². The van der Waals surface area contributed by atoms with Gasteiger partial charge < -0.3 is 25.5 Å². The lowest BCUT2D eigenvalue weighted by Gasteiger charge is -2.24. The Labute approximate surface area is 175 Å². The van der Waals surface area contributed by atoms with Gasteiger partial charge in [-0.05, 0) is 44.2 Å². The van der Waals surface area contributed by atoms with E-state index in [1.54, 1.807) is 0 Å². The summed E-state index contributed by atoms with van der Waals surface area (Å²) in [4.78, 5) is 15.7. The summed E-state index contributed by atoms with van der Waals surface area (Å²) in [5.41, 5.74) is 6.18. The summed E-state index contributed by atoms with van der Waals surface area (Å²) in [6.07, 6.45) is 2.02. The number of aromatic nitrogens is 1. The van der Waals surface area contributed by atoms with Gasteiger partial charge in [0, 0.05) is 7.05 Å². The van der Waals surface area contributed by atoms with Crippen molar-refractivity contribution in [2.45, 2.75) is 58.0 Å². The van der Waals surface area contributed by atoms with Crippen LogP contribution in [0, 0.1) is 0 Å². The van der Waals surface area contributed by atoms with Gasteiger partial charge in [-0.15, -0.1) is 0 Å². The summed E-state index contributed by atoms with van der Waals surface area (Å²) in [6.45, 7) is 2.10. The largest absolute Gasteiger partial charge is 0.488 e. The van der Waals surface area contributed by atoms with E-state index in [1.165, 1.54) is 24.2 Å². The third-order valence-corrected chi connectivity index (χ3v) is 4.79. The highest BCUT2D eigenvalue weighted by atomic mass is 19.3. The van der Waals surface area contributed by atoms with Gasteiger partial charge >= 0.3 is 6.09 Å². The number of nitrogens with one attached hydrogen (secondary N) is 1. The topological polar surface area (TPSA) is 116 Å². The number of alkyl carbamates (subject to hydrolysis) is 1. The number of ether oxygens (including phenoxy) is 2. The maximum absolute atomic E-state index is 13.6. The first kappa shape index (κ1) is 23.7. The number of halogens is 2. The van der Waals surface area contributed by atoms with Crippen molar-refractivity contribution in [1.82, 2.24) is 15.3 Å². The number of carbonyl (C=O) groups is 1. The molecule has 0 unspecified atom stereocenters. The lowest BCUT2D eigenvalue weighted by atomic mass is 9.98. The van der Waals surface area contributed by atoms with E-state index in [2.05, 4.69) is 10.3 Å². The fourth-order valence-corrected chi connectivity index (χ4v) is 3.19. The molecule has 30 heavy (non-hydrogen) atoms. The van der Waals surface area contributed by atoms with Crippen molar-refractivity contribution in [3.8, 4) is 5.75 Å². The molecule has 0 aliphatic heterocycles. The molecule has 0 bridgehead atoms. The van der Waals surface area contributed by atoms with Crippen LogP contribution in [-0.4, -0.2) is 42.4 Å². The van der Waals surface area contributed by atoms with Crippen molar-refractivity contribution in [1.29, 1.82) is 0 Å². The second-order valence-corrected chi connectivity index (χ2v) is 7.22. The van der Waals surface area contributed by atoms with E-state index in [0.717, 1.165) is 32.1 Å². The van der Waals surface area contributed by atoms with Crippen LogP contribution in [0.2, 0.25) is 0 Å². The number of carbonyl (C=O) groups excluding carboxylic acids is 1. The van der Waals surface area contributed by atoms with E-state index in [9.17, 15) is 13.6 Å². The number of hydrogen-bond acceptors (Lipinski definition) is 7. The number of rotatable bonds is 9. The first-order valence-electron chi connectivity index (χ1n) is 10.2. The Morgan fingerprint density at radius 2 is 2.03 bits per heavy atom. The smallest absolute Gasteiger partial charge is 0.407 e. The average Bonchev–Trinajstić information content (AvgIpc) is 2.72. The number of hydrogen-bond donors (Lipinski definition) is 3. The molecule has 1 aromatic rings. The number of likely N-dealkylation sites (N-methyl/N-ethyl adjacent to an activating group) is 1. The van der Waals surface area contributed by atoms with Gasteiger partial charge in [0.25, 0.3) is 6.43 Å². The lowest BCUT2D eigenvalue weighted by molar-refractivity contribution is 0.120. The summed E-state index contributed by atoms with van der Waals surface area (Å²) in [7, 11) is 1.52. The molecule has 1 amide bonds. The molecule has 8 nitrogen and oxygen atoms in total. The van der Waals surface area contributed by atoms with Crippen molar-refractivity contribution in [3.05, 3.63) is 29.2 Å². The molecule has 1 aliphatic carbocycles. The van der Waals surface area contributed by atoms with Crippen LogP contribution < -0.4 is 21.6 Å². The molecular weight excluding hydrogens is 396 g/mol. The van der Waals surface area contributed by atoms with E-state index < -0.39 is 18.2 Å². The Morgan fingerprint density at radius 3 is 2.63 bits per heavy atom. The Balaban J connectivity index is 2.23. The third-order valence-electron chi connectivity index (χ3n) is 4.79. The molecule has 1 aromatic heterocycles. The van der Waals surface area contributed by atoms with Crippen LogP contribution in [-0.2, 0) is 4.74 Å². The minimum Gasteiger partial charge on any atom is -0.488 e. The fourth-order valence-electron chi connectivity index (χ4n) is 3.19. The van der Waals surface area contributed by atoms with Crippen molar-refractivity contribution in [2.75, 3.05) is 20.2 Å². The van der Waals surface area contributed by atoms with Crippen LogP contribution >= 0.6 is 0 Å². The van der Waals surface area contributed by atoms with Crippen molar-refractivity contribution in [2.24, 2.45) is 11.6 Å². The van der Waals surface area contributed by atoms with E-state index in [-0.39, 0.29) is 36.4 Å². The molecule has 5 N–H and O–H groups in total. The fraction of sp³-hybridized carbons (Fsp3) is 0.600. The molecular formula is C20H31F2N5O3. The second-order valence-electron chi connectivity index (χ2n) is 7.22. The zero-order chi connectivity index (χ0) is 22.1. The van der Waals surface area contributed by atoms with Gasteiger partial charge in [-0.25, -0.2) is 24.4 Å². The van der Waals surface area contributed by atoms with Crippen LogP contribution in [0.4, 0.5) is 13.6 Å². The summed E-state index contributed by atoms with van der Waals surface area (Å²) in [6, 6.07) is 2.97. The van der Waals surface area contributed by atoms with Crippen molar-refractivity contribution >= 4 is 11.8 Å². The van der Waals surface area contributed by atoms with Gasteiger partial charge in [-0.2, -0.15) is 0 Å². The third kappa shape index (κ3) is 6.72. The standard InChI is InChI=1S/C20H31F2N5O3/c1-3-11-29-20(28)25-12-15(27(2)24)17(23)14-9-10-16(18(26-14)19(21)22)30-13-7-5-4-6-8-13/h9-10,13,19H,3-8,11-12,23-24H2,1-2H3,(H,25,28)/b17-15-. The Kier molecular flexibility index (Phi) is 9.10. The quantitative estimate of drug-likeness (QED) is 0.409. The van der Waals surface area contributed by atoms with Crippen LogP contribution in [0.1, 0.15) is 63.3 Å².